The second-order valence-electron chi connectivity index (χ2n) is 20.5. The van der Waals surface area contributed by atoms with Gasteiger partial charge in [0.15, 0.2) is 0 Å². The Morgan fingerprint density at radius 1 is 1.04 bits per heavy atom. The van der Waals surface area contributed by atoms with Gasteiger partial charge in [0.25, 0.3) is 5.91 Å². The number of hydrogen-bond acceptors (Lipinski definition) is 13. The van der Waals surface area contributed by atoms with E-state index in [1.54, 1.807) is 7.11 Å². The fourth-order valence-electron chi connectivity index (χ4n) is 10.3. The number of hydrogen-bond donors (Lipinski definition) is 2. The third-order valence-corrected chi connectivity index (χ3v) is 15.2. The molecule has 2 saturated heterocycles. The first kappa shape index (κ1) is 49.7. The van der Waals surface area contributed by atoms with Gasteiger partial charge in [-0.25, -0.2) is 10.4 Å². The molecule has 0 spiro atoms. The van der Waals surface area contributed by atoms with Crippen LogP contribution in [-0.2, 0) is 46.3 Å². The van der Waals surface area contributed by atoms with Crippen LogP contribution in [-0.4, -0.2) is 127 Å². The number of piperazine rings is 1. The number of carbonyl (C=O) groups is 3. The van der Waals surface area contributed by atoms with E-state index in [1.165, 1.54) is 16.3 Å². The summed E-state index contributed by atoms with van der Waals surface area (Å²) in [7, 11) is 3.88. The second-order valence-corrected chi connectivity index (χ2v) is 21.4. The number of amides is 2. The van der Waals surface area contributed by atoms with Gasteiger partial charge in [-0.05, 0) is 95.7 Å². The Morgan fingerprint density at radius 2 is 1.83 bits per heavy atom. The quantitative estimate of drug-likeness (QED) is 0.111. The molecule has 2 aromatic carbocycles. The summed E-state index contributed by atoms with van der Waals surface area (Å²) < 4.78 is 27.4. The van der Waals surface area contributed by atoms with Crippen LogP contribution in [0, 0.1) is 11.3 Å². The van der Waals surface area contributed by atoms with Crippen molar-refractivity contribution in [3.05, 3.63) is 88.0 Å². The molecule has 3 aromatic heterocycles. The molecule has 6 heterocycles. The van der Waals surface area contributed by atoms with Gasteiger partial charge in [0.2, 0.25) is 5.91 Å². The third-order valence-electron chi connectivity index (χ3n) is 14.3. The minimum Gasteiger partial charge on any atom is -0.464 e. The largest absolute Gasteiger partial charge is 0.464 e. The maximum absolute atomic E-state index is 14.9. The van der Waals surface area contributed by atoms with Crippen molar-refractivity contribution in [3.63, 3.8) is 0 Å². The predicted molar refractivity (Wildman–Crippen MR) is 272 cm³/mol. The van der Waals surface area contributed by atoms with Crippen molar-refractivity contribution in [3.8, 4) is 22.5 Å². The molecule has 15 nitrogen and oxygen atoms in total. The first-order chi connectivity index (χ1) is 33.7. The number of anilines is 1. The molecule has 1 aliphatic carbocycles. The fraction of sp³-hybridized carbons (Fsp3) is 0.537. The van der Waals surface area contributed by atoms with E-state index in [4.69, 9.17) is 28.9 Å². The Bertz CT molecular complexity index is 2660. The molecule has 70 heavy (non-hydrogen) atoms. The number of benzene rings is 2. The van der Waals surface area contributed by atoms with E-state index < -0.39 is 35.5 Å². The average Bonchev–Trinajstić information content (AvgIpc) is 3.93. The van der Waals surface area contributed by atoms with Gasteiger partial charge < -0.3 is 38.6 Å². The van der Waals surface area contributed by atoms with Crippen LogP contribution in [0.3, 0.4) is 0 Å². The topological polar surface area (TPSA) is 153 Å². The van der Waals surface area contributed by atoms with Gasteiger partial charge in [-0.15, -0.1) is 11.3 Å². The van der Waals surface area contributed by atoms with Crippen molar-refractivity contribution < 1.29 is 33.3 Å². The number of carbonyl (C=O) groups excluding carboxylic acids is 3. The number of rotatable bonds is 13. The lowest BCUT2D eigenvalue weighted by molar-refractivity contribution is -0.156. The molecule has 374 valence electrons. The molecule has 3 fully saturated rings. The van der Waals surface area contributed by atoms with E-state index in [-0.39, 0.29) is 43.2 Å². The number of likely N-dealkylation sites (N-methyl/N-ethyl adjacent to an activating group) is 1. The van der Waals surface area contributed by atoms with Gasteiger partial charge in [0.05, 0.1) is 54.4 Å². The monoisotopic (exact) mass is 975 g/mol. The van der Waals surface area contributed by atoms with E-state index in [9.17, 15) is 14.4 Å². The smallest absolute Gasteiger partial charge is 0.324 e. The van der Waals surface area contributed by atoms with E-state index in [0.717, 1.165) is 82.1 Å². The highest BCUT2D eigenvalue weighted by molar-refractivity contribution is 7.10. The molecule has 6 atom stereocenters. The number of pyridine rings is 1. The fourth-order valence-corrected chi connectivity index (χ4v) is 11.2. The minimum absolute atomic E-state index is 0.0422. The highest BCUT2D eigenvalue weighted by atomic mass is 32.1. The summed E-state index contributed by atoms with van der Waals surface area (Å²) in [6.45, 7) is 17.8. The van der Waals surface area contributed by atoms with E-state index >= 15 is 0 Å². The second kappa shape index (κ2) is 21.2. The number of hydrazine groups is 1. The van der Waals surface area contributed by atoms with Crippen molar-refractivity contribution in [2.24, 2.45) is 11.3 Å². The molecule has 16 heteroatoms. The van der Waals surface area contributed by atoms with Crippen LogP contribution < -0.4 is 15.6 Å². The van der Waals surface area contributed by atoms with Gasteiger partial charge in [-0.2, -0.15) is 0 Å². The van der Waals surface area contributed by atoms with Crippen molar-refractivity contribution in [2.75, 3.05) is 71.6 Å². The molecule has 2 N–H and O–H groups in total. The number of nitrogens with zero attached hydrogens (tertiary/aromatic N) is 6. The van der Waals surface area contributed by atoms with Gasteiger partial charge in [0, 0.05) is 91.7 Å². The third kappa shape index (κ3) is 10.7. The van der Waals surface area contributed by atoms with Crippen molar-refractivity contribution in [1.82, 2.24) is 35.2 Å². The van der Waals surface area contributed by atoms with Gasteiger partial charge in [-0.3, -0.25) is 24.4 Å². The Morgan fingerprint density at radius 3 is 2.57 bits per heavy atom. The van der Waals surface area contributed by atoms with Crippen LogP contribution in [0.1, 0.15) is 101 Å². The normalized spacial score (nSPS) is 23.6. The summed E-state index contributed by atoms with van der Waals surface area (Å²) >= 11 is 1.41. The van der Waals surface area contributed by atoms with Crippen molar-refractivity contribution in [2.45, 2.75) is 110 Å². The summed E-state index contributed by atoms with van der Waals surface area (Å²) in [5.74, 6) is -1.26. The molecule has 0 radical (unpaired) electrons. The Kier molecular flexibility index (Phi) is 15.1. The Labute approximate surface area is 416 Å². The Balaban J connectivity index is 1.19. The number of aromatic nitrogens is 3. The molecule has 3 aliphatic heterocycles. The number of thiazole rings is 1. The number of esters is 1. The SMILES string of the molecule is CCO[C@@H]1c2nc(cs2)-c2ccc3c(c2)c(c(-c2cc(N4CCN(C)CC4)cnc2[C@H](C)OC)n3CCOC(C)C)CC(C)(C)COC(=O)[C@@H]2CCCN(N2)C(=O)[C@H]1NC(=O)[C@H]1C[C@H]1c1ccccc1. The number of ether oxygens (including phenoxy) is 4. The van der Waals surface area contributed by atoms with Crippen LogP contribution in [0.5, 0.6) is 0 Å². The standard InChI is InChI=1S/C54H70N8O7S/c1-9-67-49-47(57-50(63)40-28-38(40)35-14-11-10-12-15-35)52(64)62-19-13-16-43(58-62)53(65)69-32-54(5,6)29-42-39-26-36(44-31-70-51(49)56-44)17-18-45(39)61(24-25-68-33(2)3)48(42)41-27-37(30-55-46(41)34(4)66-8)60-22-20-59(7)21-23-60/h10-12,14-15,17-18,26-27,30-31,33-34,38,40,43,47,49,58H,9,13,16,19-25,28-29,32H2,1-8H3,(H,57,63)/t34-,38-,40-,43-,47-,49-/m0/s1. The average molecular weight is 975 g/mol. The molecule has 9 rings (SSSR count). The number of nitrogens with one attached hydrogen (secondary N) is 2. The molecule has 2 amide bonds. The summed E-state index contributed by atoms with van der Waals surface area (Å²) in [6, 6.07) is 16.9. The number of methoxy groups -OCH3 is 1. The van der Waals surface area contributed by atoms with Crippen molar-refractivity contribution >= 4 is 45.7 Å². The molecule has 4 aliphatic rings. The zero-order chi connectivity index (χ0) is 49.3. The van der Waals surface area contributed by atoms with Crippen LogP contribution >= 0.6 is 11.3 Å². The van der Waals surface area contributed by atoms with E-state index in [2.05, 4.69) is 84.1 Å². The molecule has 1 saturated carbocycles. The summed E-state index contributed by atoms with van der Waals surface area (Å²) in [6.07, 6.45) is 3.10. The molecule has 6 bridgehead atoms. The van der Waals surface area contributed by atoms with Gasteiger partial charge >= 0.3 is 5.97 Å². The number of cyclic esters (lactones) is 1. The van der Waals surface area contributed by atoms with Gasteiger partial charge in [0.1, 0.15) is 23.2 Å². The van der Waals surface area contributed by atoms with E-state index in [1.807, 2.05) is 55.8 Å². The summed E-state index contributed by atoms with van der Waals surface area (Å²) in [5, 5.41) is 8.23. The Hall–Kier alpha value is -5.23. The van der Waals surface area contributed by atoms with Crippen LogP contribution in [0.25, 0.3) is 33.4 Å². The molecule has 5 aromatic rings. The molecular weight excluding hydrogens is 905 g/mol. The molecular formula is C54H70N8O7S. The maximum atomic E-state index is 14.9. The highest BCUT2D eigenvalue weighted by Crippen LogP contribution is 2.48. The van der Waals surface area contributed by atoms with Crippen molar-refractivity contribution in [1.29, 1.82) is 0 Å². The lowest BCUT2D eigenvalue weighted by Crippen LogP contribution is -2.61. The maximum Gasteiger partial charge on any atom is 0.324 e. The molecule has 0 unspecified atom stereocenters. The zero-order valence-electron chi connectivity index (χ0n) is 42.0. The highest BCUT2D eigenvalue weighted by Gasteiger charge is 2.47. The predicted octanol–water partition coefficient (Wildman–Crippen LogP) is 7.70. The van der Waals surface area contributed by atoms with Crippen LogP contribution in [0.4, 0.5) is 5.69 Å². The van der Waals surface area contributed by atoms with Crippen LogP contribution in [0.2, 0.25) is 0 Å². The minimum atomic E-state index is -1.12. The first-order valence-corrected chi connectivity index (χ1v) is 26.0. The van der Waals surface area contributed by atoms with E-state index in [0.29, 0.717) is 50.4 Å². The van der Waals surface area contributed by atoms with Crippen LogP contribution in [0.15, 0.2) is 66.2 Å². The lowest BCUT2D eigenvalue weighted by atomic mass is 9.84. The summed E-state index contributed by atoms with van der Waals surface area (Å²) in [4.78, 5) is 58.4. The summed E-state index contributed by atoms with van der Waals surface area (Å²) in [5.41, 5.74) is 11.4. The first-order valence-electron chi connectivity index (χ1n) is 25.1. The number of fused-ring (bicyclic) bond motifs is 6. The van der Waals surface area contributed by atoms with Gasteiger partial charge in [-0.1, -0.05) is 50.2 Å². The zero-order valence-corrected chi connectivity index (χ0v) is 42.9. The lowest BCUT2D eigenvalue weighted by Gasteiger charge is -2.37.